The maximum Gasteiger partial charge on any atom is 0.407 e. The number of anilines is 3. The van der Waals surface area contributed by atoms with Crippen molar-refractivity contribution in [1.82, 2.24) is 30.3 Å². The van der Waals surface area contributed by atoms with Gasteiger partial charge in [0.15, 0.2) is 0 Å². The summed E-state index contributed by atoms with van der Waals surface area (Å²) in [5, 5.41) is 18.1. The fourth-order valence-electron chi connectivity index (χ4n) is 4.05. The van der Waals surface area contributed by atoms with Crippen LogP contribution in [0.5, 0.6) is 0 Å². The molecule has 0 radical (unpaired) electrons. The molecule has 1 aliphatic rings. The Balaban J connectivity index is 1.55. The molecular weight excluding hydrogens is 498 g/mol. The van der Waals surface area contributed by atoms with E-state index in [4.69, 9.17) is 22.1 Å². The molecule has 1 aliphatic carbocycles. The van der Waals surface area contributed by atoms with Gasteiger partial charge < -0.3 is 26.4 Å². The van der Waals surface area contributed by atoms with Gasteiger partial charge in [-0.2, -0.15) is 20.0 Å². The molecule has 1 aromatic carbocycles. The zero-order valence-electron chi connectivity index (χ0n) is 20.9. The third-order valence-corrected chi connectivity index (χ3v) is 6.00. The molecule has 12 nitrogen and oxygen atoms in total. The molecule has 1 fully saturated rings. The zero-order valence-corrected chi connectivity index (χ0v) is 21.6. The minimum Gasteiger partial charge on any atom is -0.444 e. The lowest BCUT2D eigenvalue weighted by atomic mass is 9.90. The Bertz CT molecular complexity index is 1260. The Labute approximate surface area is 219 Å². The number of nitrogens with one attached hydrogen (secondary N) is 3. The number of nitrogens with zero attached hydrogens (tertiary/aromatic N) is 5. The summed E-state index contributed by atoms with van der Waals surface area (Å²) < 4.78 is 5.42. The van der Waals surface area contributed by atoms with Crippen LogP contribution in [0.15, 0.2) is 36.8 Å². The number of rotatable bonds is 7. The highest BCUT2D eigenvalue weighted by Crippen LogP contribution is 2.27. The Hall–Kier alpha value is -3.93. The number of carbonyl (C=O) groups excluding carboxylic acids is 2. The third kappa shape index (κ3) is 6.85. The van der Waals surface area contributed by atoms with E-state index in [-0.39, 0.29) is 23.5 Å². The maximum absolute atomic E-state index is 12.4. The first-order chi connectivity index (χ1) is 17.6. The largest absolute Gasteiger partial charge is 0.444 e. The van der Waals surface area contributed by atoms with Crippen LogP contribution in [0.3, 0.4) is 0 Å². The van der Waals surface area contributed by atoms with Crippen molar-refractivity contribution in [3.63, 3.8) is 0 Å². The van der Waals surface area contributed by atoms with Gasteiger partial charge in [0.05, 0.1) is 23.5 Å². The summed E-state index contributed by atoms with van der Waals surface area (Å²) in [6.07, 6.45) is 7.55. The van der Waals surface area contributed by atoms with Gasteiger partial charge in [0.2, 0.25) is 5.95 Å². The van der Waals surface area contributed by atoms with E-state index < -0.39 is 17.6 Å². The van der Waals surface area contributed by atoms with Crippen molar-refractivity contribution in [2.45, 2.75) is 64.1 Å². The summed E-state index contributed by atoms with van der Waals surface area (Å²) >= 11 is 6.31. The van der Waals surface area contributed by atoms with Crippen LogP contribution in [0.4, 0.5) is 22.2 Å². The van der Waals surface area contributed by atoms with Crippen LogP contribution < -0.4 is 21.7 Å². The summed E-state index contributed by atoms with van der Waals surface area (Å²) in [7, 11) is 0. The molecular formula is C24H30ClN9O3. The Morgan fingerprint density at radius 3 is 2.51 bits per heavy atom. The quantitative estimate of drug-likeness (QED) is 0.358. The van der Waals surface area contributed by atoms with Gasteiger partial charge in [-0.1, -0.05) is 24.4 Å². The smallest absolute Gasteiger partial charge is 0.407 e. The van der Waals surface area contributed by atoms with Crippen LogP contribution >= 0.6 is 11.6 Å². The summed E-state index contributed by atoms with van der Waals surface area (Å²) in [6, 6.07) is 4.85. The SMILES string of the molecule is CC(C)(C)OC(=O)N[C@H]1CCCC[C@H]1Nc1ncc(C(N)=O)c(Nc2ccc(Cl)c(-n3nccn3)c2)n1. The molecule has 2 heterocycles. The molecule has 196 valence electrons. The molecule has 2 atom stereocenters. The second-order valence-corrected chi connectivity index (χ2v) is 10.1. The lowest BCUT2D eigenvalue weighted by Crippen LogP contribution is -2.50. The van der Waals surface area contributed by atoms with E-state index in [1.807, 2.05) is 20.8 Å². The standard InChI is InChI=1S/C24H30ClN9O3/c1-24(2,3)37-23(36)32-18-7-5-4-6-17(18)31-22-27-13-15(20(26)35)21(33-22)30-14-8-9-16(25)19(12-14)34-28-10-11-29-34/h8-13,17-18H,4-7H2,1-3H3,(H2,26,35)(H,32,36)(H2,27,30,31,33)/t17-,18+/m1/s1. The summed E-state index contributed by atoms with van der Waals surface area (Å²) in [5.74, 6) is -0.170. The molecule has 0 unspecified atom stereocenters. The molecule has 0 saturated heterocycles. The number of amides is 2. The second kappa shape index (κ2) is 11.0. The van der Waals surface area contributed by atoms with E-state index in [1.165, 1.54) is 11.0 Å². The van der Waals surface area contributed by atoms with Gasteiger partial charge in [-0.3, -0.25) is 4.79 Å². The van der Waals surface area contributed by atoms with Crippen LogP contribution in [-0.2, 0) is 4.74 Å². The number of halogens is 1. The van der Waals surface area contributed by atoms with Crippen molar-refractivity contribution in [2.75, 3.05) is 10.6 Å². The van der Waals surface area contributed by atoms with Gasteiger partial charge in [-0.05, 0) is 51.8 Å². The predicted octanol–water partition coefficient (Wildman–Crippen LogP) is 3.80. The highest BCUT2D eigenvalue weighted by Gasteiger charge is 2.29. The topological polar surface area (TPSA) is 162 Å². The highest BCUT2D eigenvalue weighted by atomic mass is 35.5. The number of nitrogens with two attached hydrogens (primary N) is 1. The average Bonchev–Trinajstić information content (AvgIpc) is 3.35. The van der Waals surface area contributed by atoms with Crippen LogP contribution in [0.25, 0.3) is 5.69 Å². The fraction of sp³-hybridized carbons (Fsp3) is 0.417. The minimum absolute atomic E-state index is 0.117. The minimum atomic E-state index is -0.681. The molecule has 2 aromatic heterocycles. The Kier molecular flexibility index (Phi) is 7.77. The van der Waals surface area contributed by atoms with Crippen LogP contribution in [-0.4, -0.2) is 54.6 Å². The predicted molar refractivity (Wildman–Crippen MR) is 139 cm³/mol. The van der Waals surface area contributed by atoms with Gasteiger partial charge in [-0.15, -0.1) is 0 Å². The number of primary amides is 1. The third-order valence-electron chi connectivity index (χ3n) is 5.68. The van der Waals surface area contributed by atoms with E-state index in [0.29, 0.717) is 22.3 Å². The number of benzene rings is 1. The van der Waals surface area contributed by atoms with Crippen LogP contribution in [0.1, 0.15) is 56.8 Å². The van der Waals surface area contributed by atoms with E-state index in [0.717, 1.165) is 25.7 Å². The summed E-state index contributed by atoms with van der Waals surface area (Å²) in [6.45, 7) is 5.46. The molecule has 5 N–H and O–H groups in total. The lowest BCUT2D eigenvalue weighted by molar-refractivity contribution is 0.0488. The number of aromatic nitrogens is 5. The van der Waals surface area contributed by atoms with Crippen molar-refractivity contribution in [1.29, 1.82) is 0 Å². The fourth-order valence-corrected chi connectivity index (χ4v) is 4.24. The summed E-state index contributed by atoms with van der Waals surface area (Å²) in [5.41, 5.74) is 6.23. The molecule has 4 rings (SSSR count). The first-order valence-corrected chi connectivity index (χ1v) is 12.3. The normalized spacial score (nSPS) is 17.6. The number of hydrogen-bond donors (Lipinski definition) is 4. The lowest BCUT2D eigenvalue weighted by Gasteiger charge is -2.33. The maximum atomic E-state index is 12.4. The molecule has 13 heteroatoms. The monoisotopic (exact) mass is 527 g/mol. The van der Waals surface area contributed by atoms with E-state index >= 15 is 0 Å². The Morgan fingerprint density at radius 1 is 1.14 bits per heavy atom. The van der Waals surface area contributed by atoms with Crippen LogP contribution in [0, 0.1) is 0 Å². The number of ether oxygens (including phenoxy) is 1. The molecule has 0 aliphatic heterocycles. The highest BCUT2D eigenvalue weighted by molar-refractivity contribution is 6.32. The number of alkyl carbamates (subject to hydrolysis) is 1. The zero-order chi connectivity index (χ0) is 26.6. The average molecular weight is 528 g/mol. The number of carbonyl (C=O) groups is 2. The molecule has 2 amide bonds. The molecule has 0 spiro atoms. The van der Waals surface area contributed by atoms with Gasteiger partial charge in [-0.25, -0.2) is 9.78 Å². The van der Waals surface area contributed by atoms with Gasteiger partial charge in [0.25, 0.3) is 5.91 Å². The second-order valence-electron chi connectivity index (χ2n) is 9.72. The molecule has 1 saturated carbocycles. The van der Waals surface area contributed by atoms with Gasteiger partial charge in [0, 0.05) is 17.9 Å². The molecule has 0 bridgehead atoms. The van der Waals surface area contributed by atoms with Gasteiger partial charge >= 0.3 is 6.09 Å². The molecule has 37 heavy (non-hydrogen) atoms. The van der Waals surface area contributed by atoms with Crippen molar-refractivity contribution in [3.05, 3.63) is 47.4 Å². The Morgan fingerprint density at radius 2 is 1.84 bits per heavy atom. The van der Waals surface area contributed by atoms with E-state index in [9.17, 15) is 9.59 Å². The van der Waals surface area contributed by atoms with Crippen molar-refractivity contribution in [2.24, 2.45) is 5.73 Å². The molecule has 3 aromatic rings. The van der Waals surface area contributed by atoms with Crippen molar-refractivity contribution < 1.29 is 14.3 Å². The van der Waals surface area contributed by atoms with Crippen molar-refractivity contribution in [3.8, 4) is 5.69 Å². The van der Waals surface area contributed by atoms with Gasteiger partial charge in [0.1, 0.15) is 22.7 Å². The first kappa shape index (κ1) is 26.1. The first-order valence-electron chi connectivity index (χ1n) is 12.0. The number of hydrogen-bond acceptors (Lipinski definition) is 9. The van der Waals surface area contributed by atoms with Crippen molar-refractivity contribution >= 4 is 41.1 Å². The van der Waals surface area contributed by atoms with Crippen LogP contribution in [0.2, 0.25) is 5.02 Å². The summed E-state index contributed by atoms with van der Waals surface area (Å²) in [4.78, 5) is 34.6. The van der Waals surface area contributed by atoms with E-state index in [2.05, 4.69) is 36.1 Å². The van der Waals surface area contributed by atoms with E-state index in [1.54, 1.807) is 30.6 Å².